The van der Waals surface area contributed by atoms with E-state index < -0.39 is 10.0 Å². The van der Waals surface area contributed by atoms with Crippen LogP contribution in [-0.2, 0) is 21.4 Å². The first-order valence-corrected chi connectivity index (χ1v) is 14.0. The fraction of sp³-hybridized carbons (Fsp3) is 0.407. The molecule has 3 aromatic rings. The Balaban J connectivity index is 1.26. The van der Waals surface area contributed by atoms with Gasteiger partial charge in [0.1, 0.15) is 11.6 Å². The number of piperidine rings is 2. The third kappa shape index (κ3) is 5.37. The molecule has 0 radical (unpaired) electrons. The van der Waals surface area contributed by atoms with Gasteiger partial charge in [-0.3, -0.25) is 4.79 Å². The zero-order chi connectivity index (χ0) is 25.1. The quantitative estimate of drug-likeness (QED) is 0.540. The molecule has 2 aromatic carbocycles. The molecule has 2 fully saturated rings. The van der Waals surface area contributed by atoms with Crippen LogP contribution in [0.5, 0.6) is 0 Å². The lowest BCUT2D eigenvalue weighted by atomic mass is 9.97. The van der Waals surface area contributed by atoms with Gasteiger partial charge in [-0.05, 0) is 73.7 Å². The number of hydrogen-bond donors (Lipinski definition) is 1. The van der Waals surface area contributed by atoms with Gasteiger partial charge in [0.05, 0.1) is 16.3 Å². The topological polar surface area (TPSA) is 82.6 Å². The molecule has 0 bridgehead atoms. The van der Waals surface area contributed by atoms with Crippen LogP contribution < -0.4 is 10.2 Å². The Morgan fingerprint density at radius 3 is 2.53 bits per heavy atom. The van der Waals surface area contributed by atoms with E-state index in [2.05, 4.69) is 10.2 Å². The standard InChI is InChI=1S/C27H31FN4O3S/c28-23-9-6-20(7-10-23)18-29-27(33)22-5-4-14-31(19-22)26-13-8-21-17-24(11-12-25(21)30-26)36(34,35)32-15-2-1-3-16-32/h6-13,17,22H,1-5,14-16,18-19H2,(H,29,33)/t22-/m0/s1. The molecular formula is C27H31FN4O3S. The summed E-state index contributed by atoms with van der Waals surface area (Å²) in [6.07, 6.45) is 4.56. The first kappa shape index (κ1) is 24.6. The molecule has 190 valence electrons. The molecule has 0 aliphatic carbocycles. The Bertz CT molecular complexity index is 1340. The summed E-state index contributed by atoms with van der Waals surface area (Å²) in [5.41, 5.74) is 1.59. The third-order valence-corrected chi connectivity index (χ3v) is 8.99. The van der Waals surface area contributed by atoms with Gasteiger partial charge in [0.2, 0.25) is 15.9 Å². The lowest BCUT2D eigenvalue weighted by Crippen LogP contribution is -2.43. The molecule has 3 heterocycles. The van der Waals surface area contributed by atoms with Crippen molar-refractivity contribution in [1.29, 1.82) is 0 Å². The van der Waals surface area contributed by atoms with Crippen molar-refractivity contribution in [3.8, 4) is 0 Å². The summed E-state index contributed by atoms with van der Waals surface area (Å²) < 4.78 is 40.8. The van der Waals surface area contributed by atoms with Crippen LogP contribution >= 0.6 is 0 Å². The second kappa shape index (κ2) is 10.5. The third-order valence-electron chi connectivity index (χ3n) is 7.09. The monoisotopic (exact) mass is 510 g/mol. The molecule has 1 aromatic heterocycles. The molecule has 7 nitrogen and oxygen atoms in total. The number of nitrogens with one attached hydrogen (secondary N) is 1. The highest BCUT2D eigenvalue weighted by Gasteiger charge is 2.28. The van der Waals surface area contributed by atoms with Gasteiger partial charge in [0.25, 0.3) is 0 Å². The Kier molecular flexibility index (Phi) is 7.20. The second-order valence-electron chi connectivity index (χ2n) is 9.62. The average molecular weight is 511 g/mol. The molecule has 9 heteroatoms. The summed E-state index contributed by atoms with van der Waals surface area (Å²) in [7, 11) is -3.50. The summed E-state index contributed by atoms with van der Waals surface area (Å²) in [5.74, 6) is 0.312. The van der Waals surface area contributed by atoms with Crippen molar-refractivity contribution < 1.29 is 17.6 Å². The molecule has 2 aliphatic heterocycles. The summed E-state index contributed by atoms with van der Waals surface area (Å²) in [4.78, 5) is 20.0. The highest BCUT2D eigenvalue weighted by atomic mass is 32.2. The van der Waals surface area contributed by atoms with Crippen LogP contribution in [0.4, 0.5) is 10.2 Å². The molecule has 1 amide bonds. The van der Waals surface area contributed by atoms with Crippen molar-refractivity contribution in [1.82, 2.24) is 14.6 Å². The van der Waals surface area contributed by atoms with Crippen LogP contribution in [-0.4, -0.2) is 49.8 Å². The summed E-state index contributed by atoms with van der Waals surface area (Å²) in [5, 5.41) is 3.75. The molecule has 1 atom stereocenters. The van der Waals surface area contributed by atoms with E-state index >= 15 is 0 Å². The van der Waals surface area contributed by atoms with Gasteiger partial charge in [0.15, 0.2) is 0 Å². The molecule has 5 rings (SSSR count). The Labute approximate surface area is 211 Å². The average Bonchev–Trinajstić information content (AvgIpc) is 2.92. The van der Waals surface area contributed by atoms with Crippen LogP contribution in [0.1, 0.15) is 37.7 Å². The number of fused-ring (bicyclic) bond motifs is 1. The maximum atomic E-state index is 13.1. The first-order chi connectivity index (χ1) is 17.4. The number of amides is 1. The first-order valence-electron chi connectivity index (χ1n) is 12.6. The van der Waals surface area contributed by atoms with Gasteiger partial charge in [-0.25, -0.2) is 17.8 Å². The van der Waals surface area contributed by atoms with Crippen molar-refractivity contribution in [2.45, 2.75) is 43.5 Å². The highest BCUT2D eigenvalue weighted by Crippen LogP contribution is 2.27. The van der Waals surface area contributed by atoms with E-state index in [1.807, 2.05) is 12.1 Å². The second-order valence-corrected chi connectivity index (χ2v) is 11.6. The summed E-state index contributed by atoms with van der Waals surface area (Å²) in [6.45, 7) is 2.89. The SMILES string of the molecule is O=C(NCc1ccc(F)cc1)[C@H]1CCCN(c2ccc3cc(S(=O)(=O)N4CCCCC4)ccc3n2)C1. The minimum Gasteiger partial charge on any atom is -0.356 e. The van der Waals surface area contributed by atoms with Crippen LogP contribution in [0.2, 0.25) is 0 Å². The molecule has 36 heavy (non-hydrogen) atoms. The van der Waals surface area contributed by atoms with E-state index in [-0.39, 0.29) is 17.6 Å². The van der Waals surface area contributed by atoms with Crippen molar-refractivity contribution in [2.75, 3.05) is 31.1 Å². The van der Waals surface area contributed by atoms with E-state index in [0.717, 1.165) is 60.9 Å². The van der Waals surface area contributed by atoms with Crippen LogP contribution in [0.25, 0.3) is 10.9 Å². The summed E-state index contributed by atoms with van der Waals surface area (Å²) in [6, 6.07) is 15.1. The van der Waals surface area contributed by atoms with E-state index in [9.17, 15) is 17.6 Å². The fourth-order valence-corrected chi connectivity index (χ4v) is 6.57. The Morgan fingerprint density at radius 2 is 1.75 bits per heavy atom. The minimum atomic E-state index is -3.50. The van der Waals surface area contributed by atoms with Gasteiger partial charge in [-0.1, -0.05) is 18.6 Å². The number of nitrogens with zero attached hydrogens (tertiary/aromatic N) is 3. The van der Waals surface area contributed by atoms with Gasteiger partial charge in [0, 0.05) is 38.1 Å². The number of carbonyl (C=O) groups is 1. The highest BCUT2D eigenvalue weighted by molar-refractivity contribution is 7.89. The zero-order valence-electron chi connectivity index (χ0n) is 20.2. The van der Waals surface area contributed by atoms with Crippen molar-refractivity contribution in [3.05, 3.63) is 66.0 Å². The molecule has 0 unspecified atom stereocenters. The van der Waals surface area contributed by atoms with Gasteiger partial charge in [-0.15, -0.1) is 0 Å². The number of pyridine rings is 1. The summed E-state index contributed by atoms with van der Waals surface area (Å²) >= 11 is 0. The lowest BCUT2D eigenvalue weighted by molar-refractivity contribution is -0.125. The number of rotatable bonds is 6. The van der Waals surface area contributed by atoms with Gasteiger partial charge < -0.3 is 10.2 Å². The maximum Gasteiger partial charge on any atom is 0.243 e. The lowest BCUT2D eigenvalue weighted by Gasteiger charge is -2.33. The van der Waals surface area contributed by atoms with Crippen LogP contribution in [0.3, 0.4) is 0 Å². The molecular weight excluding hydrogens is 479 g/mol. The molecule has 1 N–H and O–H groups in total. The number of carbonyl (C=O) groups excluding carboxylic acids is 1. The predicted molar refractivity (Wildman–Crippen MR) is 138 cm³/mol. The fourth-order valence-electron chi connectivity index (χ4n) is 5.02. The van der Waals surface area contributed by atoms with Gasteiger partial charge in [-0.2, -0.15) is 4.31 Å². The molecule has 0 saturated carbocycles. The Hall–Kier alpha value is -3.04. The van der Waals surface area contributed by atoms with E-state index in [0.29, 0.717) is 31.1 Å². The van der Waals surface area contributed by atoms with Crippen molar-refractivity contribution >= 4 is 32.7 Å². The van der Waals surface area contributed by atoms with Crippen molar-refractivity contribution in [2.24, 2.45) is 5.92 Å². The molecule has 2 saturated heterocycles. The maximum absolute atomic E-state index is 13.1. The van der Waals surface area contributed by atoms with E-state index in [1.165, 1.54) is 12.1 Å². The molecule has 2 aliphatic rings. The number of halogens is 1. The number of sulfonamides is 1. The van der Waals surface area contributed by atoms with E-state index in [1.54, 1.807) is 34.6 Å². The molecule has 0 spiro atoms. The predicted octanol–water partition coefficient (Wildman–Crippen LogP) is 4.08. The normalized spacial score (nSPS) is 19.4. The number of anilines is 1. The number of benzene rings is 2. The van der Waals surface area contributed by atoms with E-state index in [4.69, 9.17) is 4.98 Å². The van der Waals surface area contributed by atoms with Crippen LogP contribution in [0.15, 0.2) is 59.5 Å². The largest absolute Gasteiger partial charge is 0.356 e. The Morgan fingerprint density at radius 1 is 0.972 bits per heavy atom. The number of aromatic nitrogens is 1. The van der Waals surface area contributed by atoms with Gasteiger partial charge >= 0.3 is 0 Å². The van der Waals surface area contributed by atoms with Crippen molar-refractivity contribution in [3.63, 3.8) is 0 Å². The number of hydrogen-bond acceptors (Lipinski definition) is 5. The minimum absolute atomic E-state index is 0.0163. The zero-order valence-corrected chi connectivity index (χ0v) is 21.0. The smallest absolute Gasteiger partial charge is 0.243 e. The van der Waals surface area contributed by atoms with Crippen LogP contribution in [0, 0.1) is 11.7 Å².